The average molecular weight is 547 g/mol. The van der Waals surface area contributed by atoms with Crippen molar-refractivity contribution in [3.8, 4) is 11.4 Å². The highest BCUT2D eigenvalue weighted by atomic mass is 32.2. The molecule has 4 heterocycles. The summed E-state index contributed by atoms with van der Waals surface area (Å²) in [6.45, 7) is 6.42. The van der Waals surface area contributed by atoms with Crippen LogP contribution in [0.15, 0.2) is 40.5 Å². The molecule has 0 unspecified atom stereocenters. The second-order valence-corrected chi connectivity index (χ2v) is 13.1. The van der Waals surface area contributed by atoms with Crippen LogP contribution in [-0.4, -0.2) is 48.6 Å². The van der Waals surface area contributed by atoms with E-state index in [0.29, 0.717) is 35.1 Å². The molecular weight excluding hydrogens is 516 g/mol. The van der Waals surface area contributed by atoms with Crippen molar-refractivity contribution in [3.05, 3.63) is 58.3 Å². The fraction of sp³-hybridized carbons (Fsp3) is 0.444. The molecule has 0 atom stereocenters. The molecule has 39 heavy (non-hydrogen) atoms. The van der Waals surface area contributed by atoms with Crippen LogP contribution >= 0.6 is 0 Å². The van der Waals surface area contributed by atoms with Crippen molar-refractivity contribution < 1.29 is 8.42 Å². The molecule has 0 saturated heterocycles. The van der Waals surface area contributed by atoms with E-state index in [1.165, 1.54) is 12.3 Å². The highest BCUT2D eigenvalue weighted by Crippen LogP contribution is 2.46. The van der Waals surface area contributed by atoms with Crippen LogP contribution in [-0.2, 0) is 22.9 Å². The summed E-state index contributed by atoms with van der Waals surface area (Å²) in [4.78, 5) is 41.1. The molecule has 4 aromatic heterocycles. The number of nitrogens with zero attached hydrogens (tertiary/aromatic N) is 7. The summed E-state index contributed by atoms with van der Waals surface area (Å²) in [5.41, 5.74) is 3.95. The lowest BCUT2D eigenvalue weighted by Crippen LogP contribution is -2.29. The van der Waals surface area contributed by atoms with Crippen LogP contribution < -0.4 is 10.9 Å². The maximum Gasteiger partial charge on any atom is 0.294 e. The Morgan fingerprint density at radius 1 is 1.08 bits per heavy atom. The molecular formula is C27H30N8O3S. The van der Waals surface area contributed by atoms with E-state index in [-0.39, 0.29) is 34.0 Å². The zero-order chi connectivity index (χ0) is 27.4. The van der Waals surface area contributed by atoms with Crippen LogP contribution in [0, 0.1) is 12.3 Å². The van der Waals surface area contributed by atoms with E-state index in [4.69, 9.17) is 4.98 Å². The van der Waals surface area contributed by atoms with Gasteiger partial charge in [-0.1, -0.05) is 13.8 Å². The fourth-order valence-electron chi connectivity index (χ4n) is 4.65. The third-order valence-electron chi connectivity index (χ3n) is 7.56. The molecule has 0 aromatic carbocycles. The number of nitrogens with one attached hydrogen (secondary N) is 1. The molecule has 202 valence electrons. The lowest BCUT2D eigenvalue weighted by molar-refractivity contribution is 0.463. The number of sulfone groups is 1. The second-order valence-electron chi connectivity index (χ2n) is 10.8. The Morgan fingerprint density at radius 3 is 2.54 bits per heavy atom. The number of aryl methyl sites for hydroxylation is 1. The third kappa shape index (κ3) is 5.00. The van der Waals surface area contributed by atoms with E-state index in [2.05, 4.69) is 37.2 Å². The summed E-state index contributed by atoms with van der Waals surface area (Å²) in [5.74, 6) is 1.08. The molecule has 12 heteroatoms. The first-order valence-corrected chi connectivity index (χ1v) is 14.8. The molecule has 6 rings (SSSR count). The largest absolute Gasteiger partial charge is 0.360 e. The van der Waals surface area contributed by atoms with Gasteiger partial charge in [-0.05, 0) is 50.2 Å². The van der Waals surface area contributed by atoms with Crippen LogP contribution in [0.25, 0.3) is 22.6 Å². The predicted molar refractivity (Wildman–Crippen MR) is 146 cm³/mol. The number of hydrogen-bond donors (Lipinski definition) is 1. The van der Waals surface area contributed by atoms with Crippen molar-refractivity contribution in [3.63, 3.8) is 0 Å². The zero-order valence-electron chi connectivity index (χ0n) is 22.2. The third-order valence-corrected chi connectivity index (χ3v) is 9.28. The van der Waals surface area contributed by atoms with Gasteiger partial charge < -0.3 is 5.32 Å². The Labute approximate surface area is 226 Å². The first-order chi connectivity index (χ1) is 18.7. The minimum absolute atomic E-state index is 0.00823. The Hall–Kier alpha value is -3.80. The molecule has 2 saturated carbocycles. The monoisotopic (exact) mass is 546 g/mol. The standard InChI is InChI=1S/C27H30N8O3S/c1-4-39(37,38)19-8-7-18(28-12-19)11-29-24-26(36)35(14-27(3)9-10-27)25-20(33-24)13-30-23(34-25)21-16(2)31-15-32-22(21)17-5-6-17/h7-8,12-13,15,17H,4-6,9-11,14H2,1-3H3,(H,29,33). The van der Waals surface area contributed by atoms with Gasteiger partial charge in [0.25, 0.3) is 5.56 Å². The number of hydrogen-bond acceptors (Lipinski definition) is 10. The van der Waals surface area contributed by atoms with Crippen molar-refractivity contribution in [2.45, 2.75) is 70.4 Å². The quantitative estimate of drug-likeness (QED) is 0.331. The van der Waals surface area contributed by atoms with Gasteiger partial charge in [-0.25, -0.2) is 33.3 Å². The molecule has 0 aliphatic heterocycles. The second kappa shape index (κ2) is 9.44. The van der Waals surface area contributed by atoms with Crippen molar-refractivity contribution in [1.29, 1.82) is 0 Å². The highest BCUT2D eigenvalue weighted by molar-refractivity contribution is 7.91. The Kier molecular flexibility index (Phi) is 6.17. The van der Waals surface area contributed by atoms with Crippen LogP contribution in [0.2, 0.25) is 0 Å². The van der Waals surface area contributed by atoms with Gasteiger partial charge in [0.1, 0.15) is 11.8 Å². The van der Waals surface area contributed by atoms with Gasteiger partial charge in [0.15, 0.2) is 27.1 Å². The summed E-state index contributed by atoms with van der Waals surface area (Å²) < 4.78 is 25.9. The number of rotatable bonds is 9. The summed E-state index contributed by atoms with van der Waals surface area (Å²) in [6.07, 6.45) is 8.83. The number of fused-ring (bicyclic) bond motifs is 1. The van der Waals surface area contributed by atoms with Gasteiger partial charge in [-0.3, -0.25) is 14.3 Å². The SMILES string of the molecule is CCS(=O)(=O)c1ccc(CNc2nc3cnc(-c4c(C)ncnc4C4CC4)nc3n(CC3(C)CC3)c2=O)nc1. The number of aromatic nitrogens is 7. The minimum Gasteiger partial charge on any atom is -0.360 e. The van der Waals surface area contributed by atoms with E-state index >= 15 is 0 Å². The van der Waals surface area contributed by atoms with Gasteiger partial charge in [-0.15, -0.1) is 0 Å². The van der Waals surface area contributed by atoms with Crippen molar-refractivity contribution in [2.24, 2.45) is 5.41 Å². The average Bonchev–Trinajstić information content (AvgIpc) is 3.87. The van der Waals surface area contributed by atoms with E-state index < -0.39 is 9.84 Å². The molecule has 4 aromatic rings. The van der Waals surface area contributed by atoms with Crippen LogP contribution in [0.5, 0.6) is 0 Å². The summed E-state index contributed by atoms with van der Waals surface area (Å²) in [7, 11) is -3.33. The maximum absolute atomic E-state index is 13.7. The zero-order valence-corrected chi connectivity index (χ0v) is 23.0. The normalized spacial score (nSPS) is 16.4. The molecule has 1 N–H and O–H groups in total. The van der Waals surface area contributed by atoms with Crippen molar-refractivity contribution in [2.75, 3.05) is 11.1 Å². The van der Waals surface area contributed by atoms with Gasteiger partial charge >= 0.3 is 0 Å². The fourth-order valence-corrected chi connectivity index (χ4v) is 5.47. The van der Waals surface area contributed by atoms with E-state index in [1.54, 1.807) is 30.1 Å². The highest BCUT2D eigenvalue weighted by Gasteiger charge is 2.38. The minimum atomic E-state index is -3.33. The van der Waals surface area contributed by atoms with Gasteiger partial charge in [0.05, 0.1) is 46.0 Å². The summed E-state index contributed by atoms with van der Waals surface area (Å²) in [6, 6.07) is 3.17. The predicted octanol–water partition coefficient (Wildman–Crippen LogP) is 3.43. The molecule has 11 nitrogen and oxygen atoms in total. The van der Waals surface area contributed by atoms with Crippen molar-refractivity contribution in [1.82, 2.24) is 34.5 Å². The Balaban J connectivity index is 1.37. The first kappa shape index (κ1) is 25.5. The van der Waals surface area contributed by atoms with Crippen LogP contribution in [0.1, 0.15) is 62.5 Å². The number of pyridine rings is 1. The Bertz CT molecular complexity index is 1740. The molecule has 0 bridgehead atoms. The lowest BCUT2D eigenvalue weighted by Gasteiger charge is -2.16. The molecule has 0 amide bonds. The van der Waals surface area contributed by atoms with Gasteiger partial charge in [0.2, 0.25) is 0 Å². The van der Waals surface area contributed by atoms with Crippen molar-refractivity contribution >= 4 is 26.8 Å². The summed E-state index contributed by atoms with van der Waals surface area (Å²) >= 11 is 0. The first-order valence-electron chi connectivity index (χ1n) is 13.2. The number of anilines is 1. The van der Waals surface area contributed by atoms with Gasteiger partial charge in [-0.2, -0.15) is 0 Å². The van der Waals surface area contributed by atoms with Gasteiger partial charge in [0, 0.05) is 18.7 Å². The molecule has 2 fully saturated rings. The smallest absolute Gasteiger partial charge is 0.294 e. The Morgan fingerprint density at radius 2 is 1.87 bits per heavy atom. The topological polar surface area (TPSA) is 146 Å². The molecule has 2 aliphatic carbocycles. The molecule has 0 radical (unpaired) electrons. The maximum atomic E-state index is 13.7. The summed E-state index contributed by atoms with van der Waals surface area (Å²) in [5, 5.41) is 3.10. The van der Waals surface area contributed by atoms with E-state index in [1.807, 2.05) is 6.92 Å². The van der Waals surface area contributed by atoms with E-state index in [9.17, 15) is 13.2 Å². The lowest BCUT2D eigenvalue weighted by atomic mass is 10.1. The van der Waals surface area contributed by atoms with Crippen LogP contribution in [0.3, 0.4) is 0 Å². The molecule has 2 aliphatic rings. The van der Waals surface area contributed by atoms with E-state index in [0.717, 1.165) is 42.6 Å². The van der Waals surface area contributed by atoms with Crippen LogP contribution in [0.4, 0.5) is 5.82 Å². The molecule has 0 spiro atoms.